The van der Waals surface area contributed by atoms with Crippen molar-refractivity contribution >= 4 is 43.0 Å². The van der Waals surface area contributed by atoms with Gasteiger partial charge in [-0.2, -0.15) is 5.10 Å². The quantitative estimate of drug-likeness (QED) is 0.620. The third-order valence-corrected chi connectivity index (χ3v) is 5.97. The van der Waals surface area contributed by atoms with Crippen molar-refractivity contribution in [1.82, 2.24) is 14.6 Å². The summed E-state index contributed by atoms with van der Waals surface area (Å²) in [5, 5.41) is 16.5. The van der Waals surface area contributed by atoms with Crippen LogP contribution in [0.2, 0.25) is 0 Å². The molecule has 0 aliphatic heterocycles. The van der Waals surface area contributed by atoms with Gasteiger partial charge in [0.15, 0.2) is 21.2 Å². The van der Waals surface area contributed by atoms with Crippen molar-refractivity contribution < 1.29 is 18.3 Å². The van der Waals surface area contributed by atoms with E-state index in [9.17, 15) is 18.3 Å². The van der Waals surface area contributed by atoms with Gasteiger partial charge in [-0.1, -0.05) is 6.92 Å². The molecule has 0 aliphatic carbocycles. The SMILES string of the molecule is CCS(=O)(=O)c1ccc(O)c(NC(=O)c2nn3cccnc3c2Br)c1. The molecule has 0 saturated heterocycles. The zero-order valence-corrected chi connectivity index (χ0v) is 15.4. The number of aromatic nitrogens is 3. The second-order valence-electron chi connectivity index (χ2n) is 5.09. The second kappa shape index (κ2) is 6.45. The van der Waals surface area contributed by atoms with E-state index in [0.717, 1.165) is 0 Å². The zero-order valence-electron chi connectivity index (χ0n) is 13.0. The Hall–Kier alpha value is -2.46. The van der Waals surface area contributed by atoms with Gasteiger partial charge in [-0.15, -0.1) is 0 Å². The van der Waals surface area contributed by atoms with Gasteiger partial charge in [0.05, 0.1) is 20.8 Å². The predicted molar refractivity (Wildman–Crippen MR) is 94.5 cm³/mol. The number of rotatable bonds is 4. The van der Waals surface area contributed by atoms with Crippen LogP contribution in [-0.4, -0.2) is 39.8 Å². The van der Waals surface area contributed by atoms with Crippen molar-refractivity contribution in [3.05, 3.63) is 46.8 Å². The molecule has 130 valence electrons. The van der Waals surface area contributed by atoms with Crippen LogP contribution < -0.4 is 5.32 Å². The summed E-state index contributed by atoms with van der Waals surface area (Å²) in [5.41, 5.74) is 0.498. The Kier molecular flexibility index (Phi) is 4.48. The number of phenols is 1. The maximum atomic E-state index is 12.5. The van der Waals surface area contributed by atoms with E-state index in [-0.39, 0.29) is 27.8 Å². The molecule has 0 saturated carbocycles. The minimum absolute atomic E-state index is 0.0128. The average Bonchev–Trinajstić information content (AvgIpc) is 2.94. The van der Waals surface area contributed by atoms with Crippen LogP contribution in [0, 0.1) is 0 Å². The van der Waals surface area contributed by atoms with E-state index in [0.29, 0.717) is 10.1 Å². The summed E-state index contributed by atoms with van der Waals surface area (Å²) in [6, 6.07) is 5.39. The molecule has 0 bridgehead atoms. The first-order valence-corrected chi connectivity index (χ1v) is 9.64. The topological polar surface area (TPSA) is 114 Å². The first kappa shape index (κ1) is 17.4. The van der Waals surface area contributed by atoms with E-state index in [1.807, 2.05) is 0 Å². The fourth-order valence-electron chi connectivity index (χ4n) is 2.16. The first-order valence-electron chi connectivity index (χ1n) is 7.19. The van der Waals surface area contributed by atoms with Gasteiger partial charge in [-0.3, -0.25) is 4.79 Å². The van der Waals surface area contributed by atoms with Gasteiger partial charge in [0.25, 0.3) is 5.91 Å². The van der Waals surface area contributed by atoms with Crippen LogP contribution in [0.15, 0.2) is 46.0 Å². The molecule has 3 aromatic rings. The molecule has 0 fully saturated rings. The number of carbonyl (C=O) groups is 1. The van der Waals surface area contributed by atoms with Gasteiger partial charge in [0, 0.05) is 12.4 Å². The molecule has 0 spiro atoms. The van der Waals surface area contributed by atoms with E-state index in [1.165, 1.54) is 29.6 Å². The Morgan fingerprint density at radius 3 is 2.84 bits per heavy atom. The van der Waals surface area contributed by atoms with Crippen molar-refractivity contribution in [2.75, 3.05) is 11.1 Å². The van der Waals surface area contributed by atoms with Crippen molar-refractivity contribution in [3.8, 4) is 5.75 Å². The predicted octanol–water partition coefficient (Wildman–Crippen LogP) is 2.24. The minimum Gasteiger partial charge on any atom is -0.506 e. The summed E-state index contributed by atoms with van der Waals surface area (Å²) in [7, 11) is -3.47. The van der Waals surface area contributed by atoms with Gasteiger partial charge in [0.2, 0.25) is 0 Å². The van der Waals surface area contributed by atoms with Gasteiger partial charge >= 0.3 is 0 Å². The Balaban J connectivity index is 1.97. The van der Waals surface area contributed by atoms with Gasteiger partial charge in [0.1, 0.15) is 5.75 Å². The maximum absolute atomic E-state index is 12.5. The maximum Gasteiger partial charge on any atom is 0.277 e. The molecule has 1 aromatic carbocycles. The number of phenolic OH excluding ortho intramolecular Hbond substituents is 1. The number of anilines is 1. The van der Waals surface area contributed by atoms with Crippen LogP contribution in [0.5, 0.6) is 5.75 Å². The molecule has 2 aromatic heterocycles. The minimum atomic E-state index is -3.47. The van der Waals surface area contributed by atoms with Crippen LogP contribution in [0.25, 0.3) is 5.65 Å². The Labute approximate surface area is 151 Å². The number of nitrogens with one attached hydrogen (secondary N) is 1. The molecular formula is C15H13BrN4O4S. The summed E-state index contributed by atoms with van der Waals surface area (Å²) in [6.07, 6.45) is 3.20. The van der Waals surface area contributed by atoms with Crippen LogP contribution in [0.1, 0.15) is 17.4 Å². The highest BCUT2D eigenvalue weighted by Gasteiger charge is 2.21. The molecule has 0 atom stereocenters. The summed E-state index contributed by atoms with van der Waals surface area (Å²) in [6.45, 7) is 1.52. The number of carbonyl (C=O) groups excluding carboxylic acids is 1. The number of benzene rings is 1. The molecule has 2 N–H and O–H groups in total. The van der Waals surface area contributed by atoms with E-state index >= 15 is 0 Å². The van der Waals surface area contributed by atoms with Crippen molar-refractivity contribution in [3.63, 3.8) is 0 Å². The molecule has 1 amide bonds. The summed E-state index contributed by atoms with van der Waals surface area (Å²) >= 11 is 3.28. The number of halogens is 1. The average molecular weight is 425 g/mol. The molecule has 8 nitrogen and oxygen atoms in total. The molecule has 3 rings (SSSR count). The summed E-state index contributed by atoms with van der Waals surface area (Å²) < 4.78 is 25.8. The van der Waals surface area contributed by atoms with Crippen LogP contribution in [-0.2, 0) is 9.84 Å². The molecule has 25 heavy (non-hydrogen) atoms. The molecule has 10 heteroatoms. The monoisotopic (exact) mass is 424 g/mol. The van der Waals surface area contributed by atoms with E-state index in [4.69, 9.17) is 0 Å². The molecule has 2 heterocycles. The number of hydrogen-bond donors (Lipinski definition) is 2. The highest BCUT2D eigenvalue weighted by atomic mass is 79.9. The Morgan fingerprint density at radius 2 is 2.16 bits per heavy atom. The second-order valence-corrected chi connectivity index (χ2v) is 8.16. The fraction of sp³-hybridized carbons (Fsp3) is 0.133. The summed E-state index contributed by atoms with van der Waals surface area (Å²) in [5.74, 6) is -0.949. The highest BCUT2D eigenvalue weighted by molar-refractivity contribution is 9.10. The summed E-state index contributed by atoms with van der Waals surface area (Å²) in [4.78, 5) is 16.6. The molecule has 0 unspecified atom stereocenters. The van der Waals surface area contributed by atoms with Crippen LogP contribution in [0.4, 0.5) is 5.69 Å². The van der Waals surface area contributed by atoms with Crippen LogP contribution in [0.3, 0.4) is 0 Å². The van der Waals surface area contributed by atoms with Crippen LogP contribution >= 0.6 is 15.9 Å². The zero-order chi connectivity index (χ0) is 18.2. The molecule has 0 radical (unpaired) electrons. The molecule has 0 aliphatic rings. The number of nitrogens with zero attached hydrogens (tertiary/aromatic N) is 3. The van der Waals surface area contributed by atoms with Crippen molar-refractivity contribution in [2.45, 2.75) is 11.8 Å². The van der Waals surface area contributed by atoms with Gasteiger partial charge in [-0.05, 0) is 40.2 Å². The third kappa shape index (κ3) is 3.22. The first-order chi connectivity index (χ1) is 11.8. The largest absolute Gasteiger partial charge is 0.506 e. The van der Waals surface area contributed by atoms with Crippen molar-refractivity contribution in [2.24, 2.45) is 0 Å². The fourth-order valence-corrected chi connectivity index (χ4v) is 3.61. The van der Waals surface area contributed by atoms with E-state index < -0.39 is 15.7 Å². The lowest BCUT2D eigenvalue weighted by Gasteiger charge is -2.09. The molecular weight excluding hydrogens is 412 g/mol. The Morgan fingerprint density at radius 1 is 1.40 bits per heavy atom. The van der Waals surface area contributed by atoms with Gasteiger partial charge < -0.3 is 10.4 Å². The lowest BCUT2D eigenvalue weighted by Crippen LogP contribution is -2.14. The van der Waals surface area contributed by atoms with E-state index in [1.54, 1.807) is 18.5 Å². The lowest BCUT2D eigenvalue weighted by atomic mass is 10.3. The standard InChI is InChI=1S/C15H13BrN4O4S/c1-2-25(23,24)9-4-5-11(21)10(8-9)18-15(22)13-12(16)14-17-6-3-7-20(14)19-13/h3-8,21H,2H2,1H3,(H,18,22). The number of sulfone groups is 1. The number of aromatic hydroxyl groups is 1. The third-order valence-electron chi connectivity index (χ3n) is 3.51. The van der Waals surface area contributed by atoms with Crippen molar-refractivity contribution in [1.29, 1.82) is 0 Å². The van der Waals surface area contributed by atoms with E-state index in [2.05, 4.69) is 31.3 Å². The number of fused-ring (bicyclic) bond motifs is 1. The lowest BCUT2D eigenvalue weighted by molar-refractivity contribution is 0.102. The number of amides is 1. The van der Waals surface area contributed by atoms with Gasteiger partial charge in [-0.25, -0.2) is 17.9 Å². The number of hydrogen-bond acceptors (Lipinski definition) is 6. The highest BCUT2D eigenvalue weighted by Crippen LogP contribution is 2.28. The Bertz CT molecular complexity index is 1080. The smallest absolute Gasteiger partial charge is 0.277 e. The normalized spacial score (nSPS) is 11.6.